The van der Waals surface area contributed by atoms with Crippen molar-refractivity contribution in [2.75, 3.05) is 0 Å². The predicted octanol–water partition coefficient (Wildman–Crippen LogP) is 1.78. The molecule has 0 saturated carbocycles. The first-order chi connectivity index (χ1) is 15.2. The number of carbonyl (C=O) groups excluding carboxylic acids is 1. The second-order valence-electron chi connectivity index (χ2n) is 7.39. The van der Waals surface area contributed by atoms with Crippen LogP contribution < -0.4 is 27.0 Å². The van der Waals surface area contributed by atoms with E-state index in [1.165, 1.54) is 5.56 Å². The smallest absolute Gasteiger partial charge is 0.249 e. The summed E-state index contributed by atoms with van der Waals surface area (Å²) in [6.45, 7) is 0.697. The fraction of sp³-hybridized carbons (Fsp3) is 0.130. The number of amides is 1. The van der Waals surface area contributed by atoms with Crippen molar-refractivity contribution in [2.24, 2.45) is 5.73 Å². The lowest BCUT2D eigenvalue weighted by Crippen LogP contribution is -2.57. The summed E-state index contributed by atoms with van der Waals surface area (Å²) in [6, 6.07) is 15.7. The summed E-state index contributed by atoms with van der Waals surface area (Å²) in [5.74, 6) is -0.468. The summed E-state index contributed by atoms with van der Waals surface area (Å²) >= 11 is 0. The Kier molecular flexibility index (Phi) is 4.99. The molecule has 2 unspecified atom stereocenters. The minimum atomic E-state index is -0.468. The van der Waals surface area contributed by atoms with Gasteiger partial charge in [0.15, 0.2) is 6.29 Å². The van der Waals surface area contributed by atoms with Crippen molar-refractivity contribution >= 4 is 16.8 Å². The lowest BCUT2D eigenvalue weighted by Gasteiger charge is -2.36. The van der Waals surface area contributed by atoms with Gasteiger partial charge in [0, 0.05) is 18.1 Å². The van der Waals surface area contributed by atoms with Crippen LogP contribution in [0.2, 0.25) is 0 Å². The monoisotopic (exact) mass is 413 g/mol. The van der Waals surface area contributed by atoms with Crippen molar-refractivity contribution in [2.45, 2.75) is 19.0 Å². The van der Waals surface area contributed by atoms with Crippen molar-refractivity contribution in [1.29, 1.82) is 0 Å². The van der Waals surface area contributed by atoms with Crippen LogP contribution >= 0.6 is 0 Å². The SMILES string of the molecule is NC(=O)c1cccc2c1cnn2C1NC2=C(NC=CC=C2)C(NCc2ccccc2)N1. The quantitative estimate of drug-likeness (QED) is 0.436. The van der Waals surface area contributed by atoms with E-state index in [9.17, 15) is 4.79 Å². The van der Waals surface area contributed by atoms with Crippen molar-refractivity contribution in [3.63, 3.8) is 0 Å². The molecule has 5 rings (SSSR count). The second-order valence-corrected chi connectivity index (χ2v) is 7.39. The third-order valence-electron chi connectivity index (χ3n) is 5.41. The molecule has 2 aliphatic rings. The van der Waals surface area contributed by atoms with Gasteiger partial charge in [0.2, 0.25) is 5.91 Å². The van der Waals surface area contributed by atoms with Crippen molar-refractivity contribution < 1.29 is 4.79 Å². The van der Waals surface area contributed by atoms with Gasteiger partial charge < -0.3 is 16.4 Å². The van der Waals surface area contributed by atoms with Crippen LogP contribution in [-0.4, -0.2) is 21.9 Å². The Balaban J connectivity index is 1.48. The lowest BCUT2D eigenvalue weighted by atomic mass is 10.1. The number of nitrogens with zero attached hydrogens (tertiary/aromatic N) is 2. The Morgan fingerprint density at radius 1 is 1.13 bits per heavy atom. The lowest BCUT2D eigenvalue weighted by molar-refractivity contribution is 0.100. The topological polar surface area (TPSA) is 109 Å². The van der Waals surface area contributed by atoms with Crippen LogP contribution in [-0.2, 0) is 6.54 Å². The minimum Gasteiger partial charge on any atom is -0.366 e. The van der Waals surface area contributed by atoms with Gasteiger partial charge in [0.25, 0.3) is 0 Å². The largest absolute Gasteiger partial charge is 0.366 e. The highest BCUT2D eigenvalue weighted by Gasteiger charge is 2.29. The number of benzene rings is 2. The second kappa shape index (κ2) is 8.10. The average Bonchev–Trinajstić information content (AvgIpc) is 3.08. The van der Waals surface area contributed by atoms with Crippen molar-refractivity contribution in [1.82, 2.24) is 31.0 Å². The maximum Gasteiger partial charge on any atom is 0.249 e. The van der Waals surface area contributed by atoms with Gasteiger partial charge in [-0.05, 0) is 29.8 Å². The van der Waals surface area contributed by atoms with Gasteiger partial charge in [-0.15, -0.1) is 0 Å². The highest BCUT2D eigenvalue weighted by Crippen LogP contribution is 2.24. The molecule has 156 valence electrons. The number of primary amides is 1. The van der Waals surface area contributed by atoms with Gasteiger partial charge in [-0.2, -0.15) is 5.10 Å². The van der Waals surface area contributed by atoms with Crippen LogP contribution in [0.25, 0.3) is 10.9 Å². The molecule has 3 aromatic rings. The highest BCUT2D eigenvalue weighted by molar-refractivity contribution is 6.05. The van der Waals surface area contributed by atoms with Gasteiger partial charge in [0.05, 0.1) is 28.7 Å². The molecule has 2 aliphatic heterocycles. The molecular formula is C23H23N7O. The van der Waals surface area contributed by atoms with Crippen LogP contribution in [0.3, 0.4) is 0 Å². The number of carbonyl (C=O) groups is 1. The minimum absolute atomic E-state index is 0.160. The van der Waals surface area contributed by atoms with Crippen LogP contribution in [0, 0.1) is 0 Å². The van der Waals surface area contributed by atoms with Crippen LogP contribution in [0.4, 0.5) is 0 Å². The Labute approximate surface area is 179 Å². The highest BCUT2D eigenvalue weighted by atomic mass is 16.1. The molecule has 0 aliphatic carbocycles. The molecule has 2 atom stereocenters. The number of hydrogen-bond donors (Lipinski definition) is 5. The molecule has 1 amide bonds. The van der Waals surface area contributed by atoms with E-state index < -0.39 is 5.91 Å². The summed E-state index contributed by atoms with van der Waals surface area (Å²) in [5.41, 5.74) is 9.95. The molecule has 2 aromatic carbocycles. The number of aromatic nitrogens is 2. The molecule has 1 aromatic heterocycles. The Morgan fingerprint density at radius 3 is 2.84 bits per heavy atom. The fourth-order valence-electron chi connectivity index (χ4n) is 3.91. The Morgan fingerprint density at radius 2 is 2.00 bits per heavy atom. The van der Waals surface area contributed by atoms with Crippen LogP contribution in [0.5, 0.6) is 0 Å². The summed E-state index contributed by atoms with van der Waals surface area (Å²) in [4.78, 5) is 11.8. The number of fused-ring (bicyclic) bond motifs is 1. The molecule has 0 saturated heterocycles. The number of rotatable bonds is 5. The van der Waals surface area contributed by atoms with E-state index in [1.807, 2.05) is 59.4 Å². The summed E-state index contributed by atoms with van der Waals surface area (Å²) < 4.78 is 1.83. The van der Waals surface area contributed by atoms with E-state index >= 15 is 0 Å². The summed E-state index contributed by atoms with van der Waals surface area (Å²) in [7, 11) is 0. The molecule has 3 heterocycles. The van der Waals surface area contributed by atoms with E-state index in [0.29, 0.717) is 12.1 Å². The van der Waals surface area contributed by atoms with Gasteiger partial charge >= 0.3 is 0 Å². The van der Waals surface area contributed by atoms with Gasteiger partial charge in [-0.25, -0.2) is 4.68 Å². The zero-order valence-corrected chi connectivity index (χ0v) is 16.7. The van der Waals surface area contributed by atoms with E-state index in [4.69, 9.17) is 5.73 Å². The molecule has 6 N–H and O–H groups in total. The third kappa shape index (κ3) is 3.70. The Hall–Kier alpha value is -3.88. The Bertz CT molecular complexity index is 1210. The number of nitrogens with two attached hydrogens (primary N) is 1. The van der Waals surface area contributed by atoms with E-state index in [-0.39, 0.29) is 12.5 Å². The zero-order valence-electron chi connectivity index (χ0n) is 16.7. The summed E-state index contributed by atoms with van der Waals surface area (Å²) in [5, 5.41) is 19.3. The van der Waals surface area contributed by atoms with Gasteiger partial charge in [-0.3, -0.25) is 15.4 Å². The maximum absolute atomic E-state index is 11.8. The van der Waals surface area contributed by atoms with Crippen LogP contribution in [0.1, 0.15) is 22.2 Å². The third-order valence-corrected chi connectivity index (χ3v) is 5.41. The molecule has 0 radical (unpaired) electrons. The molecule has 0 spiro atoms. The molecule has 8 heteroatoms. The first-order valence-electron chi connectivity index (χ1n) is 10.1. The number of nitrogens with one attached hydrogen (secondary N) is 4. The zero-order chi connectivity index (χ0) is 21.2. The number of allylic oxidation sites excluding steroid dienone is 3. The van der Waals surface area contributed by atoms with E-state index in [0.717, 1.165) is 22.3 Å². The normalized spacial score (nSPS) is 20.1. The molecule has 0 fully saturated rings. The fourth-order valence-corrected chi connectivity index (χ4v) is 3.91. The molecule has 8 nitrogen and oxygen atoms in total. The van der Waals surface area contributed by atoms with Crippen LogP contribution in [0.15, 0.2) is 90.5 Å². The standard InChI is InChI=1S/C23H23N7O/c24-21(31)16-9-6-11-19-17(16)14-27-30(19)23-28-18-10-4-5-12-25-20(18)22(29-23)26-13-15-7-2-1-3-8-15/h1-12,14,22-23,25-26,28-29H,13H2,(H2,24,31). The molecule has 31 heavy (non-hydrogen) atoms. The van der Waals surface area contributed by atoms with Gasteiger partial charge in [0.1, 0.15) is 6.17 Å². The van der Waals surface area contributed by atoms with E-state index in [2.05, 4.69) is 38.5 Å². The van der Waals surface area contributed by atoms with Gasteiger partial charge in [-0.1, -0.05) is 42.5 Å². The molecule has 0 bridgehead atoms. The molecular weight excluding hydrogens is 390 g/mol. The summed E-state index contributed by atoms with van der Waals surface area (Å²) in [6.07, 6.45) is 9.04. The number of hydrogen-bond acceptors (Lipinski definition) is 6. The first kappa shape index (κ1) is 19.1. The van der Waals surface area contributed by atoms with Crippen molar-refractivity contribution in [3.05, 3.63) is 102 Å². The maximum atomic E-state index is 11.8. The van der Waals surface area contributed by atoms with Crippen molar-refractivity contribution in [3.8, 4) is 0 Å². The van der Waals surface area contributed by atoms with E-state index in [1.54, 1.807) is 12.3 Å². The average molecular weight is 413 g/mol. The first-order valence-corrected chi connectivity index (χ1v) is 10.1. The predicted molar refractivity (Wildman–Crippen MR) is 119 cm³/mol.